The van der Waals surface area contributed by atoms with Gasteiger partial charge in [-0.05, 0) is 18.6 Å². The van der Waals surface area contributed by atoms with E-state index in [2.05, 4.69) is 15.6 Å². The van der Waals surface area contributed by atoms with Crippen molar-refractivity contribution in [3.05, 3.63) is 21.6 Å². The van der Waals surface area contributed by atoms with E-state index in [4.69, 9.17) is 18.1 Å². The van der Waals surface area contributed by atoms with Crippen molar-refractivity contribution in [3.8, 4) is 0 Å². The number of nitrogens with two attached hydrogens (primary N) is 1. The second kappa shape index (κ2) is 3.43. The summed E-state index contributed by atoms with van der Waals surface area (Å²) >= 11 is 5.00. The van der Waals surface area contributed by atoms with Crippen LogP contribution < -0.4 is 16.8 Å². The number of nitrogens with one attached hydrogen (secondary N) is 3. The van der Waals surface area contributed by atoms with E-state index < -0.39 is 0 Å². The van der Waals surface area contributed by atoms with Crippen LogP contribution in [-0.2, 0) is 13.0 Å². The van der Waals surface area contributed by atoms with E-state index >= 15 is 0 Å². The summed E-state index contributed by atoms with van der Waals surface area (Å²) in [6.45, 7) is 1.31. The van der Waals surface area contributed by atoms with Gasteiger partial charge in [0.15, 0.2) is 5.11 Å². The summed E-state index contributed by atoms with van der Waals surface area (Å²) in [6, 6.07) is 0. The number of fused-ring (bicyclic) bond motifs is 1. The molecule has 0 spiro atoms. The molecule has 76 valence electrons. The highest BCUT2D eigenvalue weighted by Crippen LogP contribution is 2.12. The zero-order chi connectivity index (χ0) is 10.1. The summed E-state index contributed by atoms with van der Waals surface area (Å²) in [4.78, 5) is 13.1. The van der Waals surface area contributed by atoms with Gasteiger partial charge in [-0.2, -0.15) is 0 Å². The standard InChI is InChI=1S/C7H11N5OS/c8-9-7(14)12-2-1-4-5(3-12)10-11-6(4)13/h1-3,8H2,(H,9,14)(H2,10,11,13). The van der Waals surface area contributed by atoms with Crippen LogP contribution in [0.4, 0.5) is 0 Å². The third-order valence-corrected chi connectivity index (χ3v) is 2.73. The highest BCUT2D eigenvalue weighted by Gasteiger charge is 2.21. The average molecular weight is 213 g/mol. The molecule has 0 atom stereocenters. The number of H-pyrrole nitrogens is 2. The highest BCUT2D eigenvalue weighted by molar-refractivity contribution is 7.80. The van der Waals surface area contributed by atoms with Gasteiger partial charge < -0.3 is 15.4 Å². The van der Waals surface area contributed by atoms with Crippen LogP contribution in [0.2, 0.25) is 0 Å². The molecule has 2 rings (SSSR count). The predicted molar refractivity (Wildman–Crippen MR) is 55.4 cm³/mol. The number of aromatic nitrogens is 2. The Hall–Kier alpha value is -1.34. The van der Waals surface area contributed by atoms with Crippen molar-refractivity contribution in [2.45, 2.75) is 13.0 Å². The van der Waals surface area contributed by atoms with Crippen LogP contribution in [0.15, 0.2) is 4.79 Å². The molecule has 1 aromatic heterocycles. The molecule has 1 aromatic rings. The molecule has 6 nitrogen and oxygen atoms in total. The molecule has 0 aliphatic carbocycles. The van der Waals surface area contributed by atoms with E-state index in [1.54, 1.807) is 0 Å². The Balaban J connectivity index is 2.22. The SMILES string of the molecule is NNC(=S)N1CCc2c([nH][nH]c2=O)C1. The van der Waals surface area contributed by atoms with Crippen LogP contribution in [-0.4, -0.2) is 26.8 Å². The van der Waals surface area contributed by atoms with E-state index in [-0.39, 0.29) is 5.56 Å². The first-order valence-electron chi connectivity index (χ1n) is 4.26. The van der Waals surface area contributed by atoms with Crippen molar-refractivity contribution in [1.29, 1.82) is 0 Å². The Labute approximate surface area is 85.4 Å². The molecule has 0 bridgehead atoms. The third-order valence-electron chi connectivity index (χ3n) is 2.36. The van der Waals surface area contributed by atoms with Crippen LogP contribution in [0.25, 0.3) is 0 Å². The minimum atomic E-state index is -0.0359. The maximum Gasteiger partial charge on any atom is 0.267 e. The lowest BCUT2D eigenvalue weighted by Gasteiger charge is -2.27. The highest BCUT2D eigenvalue weighted by atomic mass is 32.1. The topological polar surface area (TPSA) is 89.9 Å². The van der Waals surface area contributed by atoms with Gasteiger partial charge in [0.2, 0.25) is 0 Å². The van der Waals surface area contributed by atoms with Crippen molar-refractivity contribution >= 4 is 17.3 Å². The molecular weight excluding hydrogens is 202 g/mol. The quantitative estimate of drug-likeness (QED) is 0.247. The molecule has 0 unspecified atom stereocenters. The molecule has 0 aromatic carbocycles. The fourth-order valence-corrected chi connectivity index (χ4v) is 1.76. The van der Waals surface area contributed by atoms with Crippen molar-refractivity contribution in [2.75, 3.05) is 6.54 Å². The lowest BCUT2D eigenvalue weighted by atomic mass is 10.1. The van der Waals surface area contributed by atoms with E-state index in [9.17, 15) is 4.79 Å². The van der Waals surface area contributed by atoms with Gasteiger partial charge >= 0.3 is 0 Å². The number of hydrogen-bond donors (Lipinski definition) is 4. The predicted octanol–water partition coefficient (Wildman–Crippen LogP) is -1.19. The Kier molecular flexibility index (Phi) is 2.26. The van der Waals surface area contributed by atoms with E-state index in [1.807, 2.05) is 4.90 Å². The summed E-state index contributed by atoms with van der Waals surface area (Å²) in [7, 11) is 0. The summed E-state index contributed by atoms with van der Waals surface area (Å²) in [6.07, 6.45) is 0.690. The van der Waals surface area contributed by atoms with Gasteiger partial charge in [0.05, 0.1) is 12.2 Å². The van der Waals surface area contributed by atoms with Gasteiger partial charge in [-0.1, -0.05) is 0 Å². The fraction of sp³-hybridized carbons (Fsp3) is 0.429. The van der Waals surface area contributed by atoms with Crippen LogP contribution in [0.1, 0.15) is 11.3 Å². The number of rotatable bonds is 0. The molecule has 14 heavy (non-hydrogen) atoms. The van der Waals surface area contributed by atoms with Crippen LogP contribution in [0.3, 0.4) is 0 Å². The number of thiocarbonyl (C=S) groups is 1. The number of hydrogen-bond acceptors (Lipinski definition) is 3. The summed E-state index contributed by atoms with van der Waals surface area (Å²) in [5.74, 6) is 5.22. The monoisotopic (exact) mass is 213 g/mol. The van der Waals surface area contributed by atoms with Gasteiger partial charge in [-0.3, -0.25) is 9.89 Å². The molecule has 0 saturated carbocycles. The average Bonchev–Trinajstić information content (AvgIpc) is 2.59. The van der Waals surface area contributed by atoms with Crippen molar-refractivity contribution in [1.82, 2.24) is 20.5 Å². The zero-order valence-electron chi connectivity index (χ0n) is 7.46. The summed E-state index contributed by atoms with van der Waals surface area (Å²) in [5.41, 5.74) is 4.10. The lowest BCUT2D eigenvalue weighted by molar-refractivity contribution is 0.383. The fourth-order valence-electron chi connectivity index (χ4n) is 1.60. The van der Waals surface area contributed by atoms with Gasteiger partial charge in [0.25, 0.3) is 5.56 Å². The second-order valence-electron chi connectivity index (χ2n) is 3.16. The van der Waals surface area contributed by atoms with Crippen molar-refractivity contribution in [3.63, 3.8) is 0 Å². The lowest BCUT2D eigenvalue weighted by Crippen LogP contribution is -2.45. The largest absolute Gasteiger partial charge is 0.342 e. The molecule has 5 N–H and O–H groups in total. The Bertz CT molecular complexity index is 408. The molecule has 2 heterocycles. The molecule has 1 aliphatic heterocycles. The second-order valence-corrected chi connectivity index (χ2v) is 3.54. The van der Waals surface area contributed by atoms with Gasteiger partial charge in [-0.25, -0.2) is 5.84 Å². The minimum Gasteiger partial charge on any atom is -0.342 e. The van der Waals surface area contributed by atoms with Crippen LogP contribution >= 0.6 is 12.2 Å². The molecule has 0 radical (unpaired) electrons. The summed E-state index contributed by atoms with van der Waals surface area (Å²) < 4.78 is 0. The summed E-state index contributed by atoms with van der Waals surface area (Å²) in [5, 5.41) is 5.88. The zero-order valence-corrected chi connectivity index (χ0v) is 8.28. The van der Waals surface area contributed by atoms with E-state index in [1.165, 1.54) is 0 Å². The maximum atomic E-state index is 11.2. The normalized spacial score (nSPS) is 15.1. The van der Waals surface area contributed by atoms with E-state index in [0.29, 0.717) is 18.1 Å². The molecule has 7 heteroatoms. The minimum absolute atomic E-state index is 0.0359. The van der Waals surface area contributed by atoms with Crippen LogP contribution in [0.5, 0.6) is 0 Å². The molecule has 0 saturated heterocycles. The first-order chi connectivity index (χ1) is 6.72. The first-order valence-corrected chi connectivity index (χ1v) is 4.67. The molecular formula is C7H11N5OS. The molecule has 0 fully saturated rings. The van der Waals surface area contributed by atoms with Gasteiger partial charge in [0.1, 0.15) is 0 Å². The number of nitrogens with zero attached hydrogens (tertiary/aromatic N) is 1. The van der Waals surface area contributed by atoms with Gasteiger partial charge in [0, 0.05) is 12.1 Å². The maximum absolute atomic E-state index is 11.2. The number of hydrazine groups is 1. The van der Waals surface area contributed by atoms with E-state index in [0.717, 1.165) is 17.8 Å². The Morgan fingerprint density at radius 1 is 1.57 bits per heavy atom. The van der Waals surface area contributed by atoms with Crippen LogP contribution in [0, 0.1) is 0 Å². The molecule has 1 aliphatic rings. The van der Waals surface area contributed by atoms with Crippen molar-refractivity contribution in [2.24, 2.45) is 5.84 Å². The van der Waals surface area contributed by atoms with Crippen molar-refractivity contribution < 1.29 is 0 Å². The first kappa shape index (κ1) is 9.22. The van der Waals surface area contributed by atoms with Gasteiger partial charge in [-0.15, -0.1) is 0 Å². The Morgan fingerprint density at radius 2 is 2.36 bits per heavy atom. The number of aromatic amines is 2. The Morgan fingerprint density at radius 3 is 3.07 bits per heavy atom. The smallest absolute Gasteiger partial charge is 0.267 e. The molecule has 0 amide bonds. The third kappa shape index (κ3) is 1.40.